The third-order valence-electron chi connectivity index (χ3n) is 8.89. The fourth-order valence-electron chi connectivity index (χ4n) is 6.94. The summed E-state index contributed by atoms with van der Waals surface area (Å²) in [5, 5.41) is 32.4. The molecule has 192 valence electrons. The first-order chi connectivity index (χ1) is 16.2. The summed E-state index contributed by atoms with van der Waals surface area (Å²) in [7, 11) is 0. The third kappa shape index (κ3) is 4.38. The second-order valence-corrected chi connectivity index (χ2v) is 11.8. The number of hydrogen-bond donors (Lipinski definition) is 3. The van der Waals surface area contributed by atoms with Crippen molar-refractivity contribution < 1.29 is 34.5 Å². The van der Waals surface area contributed by atoms with Crippen molar-refractivity contribution in [1.82, 2.24) is 0 Å². The van der Waals surface area contributed by atoms with Crippen molar-refractivity contribution in [2.24, 2.45) is 34.5 Å². The van der Waals surface area contributed by atoms with E-state index in [1.54, 1.807) is 6.92 Å². The monoisotopic (exact) mass is 486 g/mol. The highest BCUT2D eigenvalue weighted by molar-refractivity contribution is 5.95. The molecule has 0 aliphatic heterocycles. The number of carbonyl (C=O) groups is 4. The number of Topliss-reactive ketones (excluding diaryl/α,β-unsaturated/α-hetero) is 2. The van der Waals surface area contributed by atoms with Crippen LogP contribution in [-0.2, 0) is 9.59 Å². The van der Waals surface area contributed by atoms with Crippen molar-refractivity contribution in [3.63, 3.8) is 0 Å². The van der Waals surface area contributed by atoms with Crippen LogP contribution < -0.4 is 0 Å². The van der Waals surface area contributed by atoms with Gasteiger partial charge < -0.3 is 20.1 Å². The molecule has 3 N–H and O–H groups in total. The van der Waals surface area contributed by atoms with E-state index >= 15 is 0 Å². The second-order valence-electron chi connectivity index (χ2n) is 11.8. The lowest BCUT2D eigenvalue weighted by Gasteiger charge is -2.41. The van der Waals surface area contributed by atoms with E-state index in [0.29, 0.717) is 32.1 Å². The lowest BCUT2D eigenvalue weighted by atomic mass is 9.62. The van der Waals surface area contributed by atoms with Gasteiger partial charge in [-0.1, -0.05) is 34.6 Å². The van der Waals surface area contributed by atoms with Crippen molar-refractivity contribution in [3.05, 3.63) is 16.7 Å². The van der Waals surface area contributed by atoms with Gasteiger partial charge in [-0.15, -0.1) is 0 Å². The second kappa shape index (κ2) is 9.40. The van der Waals surface area contributed by atoms with Crippen LogP contribution in [0.3, 0.4) is 0 Å². The summed E-state index contributed by atoms with van der Waals surface area (Å²) in [6.45, 7) is 11.8. The molecule has 1 aromatic carbocycles. The highest BCUT2D eigenvalue weighted by atomic mass is 16.3. The summed E-state index contributed by atoms with van der Waals surface area (Å²) in [6, 6.07) is 0. The van der Waals surface area contributed by atoms with Crippen molar-refractivity contribution >= 4 is 24.1 Å². The van der Waals surface area contributed by atoms with E-state index in [9.17, 15) is 34.5 Å². The van der Waals surface area contributed by atoms with Crippen molar-refractivity contribution in [1.29, 1.82) is 0 Å². The van der Waals surface area contributed by atoms with Crippen molar-refractivity contribution in [2.75, 3.05) is 0 Å². The normalized spacial score (nSPS) is 28.2. The number of rotatable bonds is 10. The predicted molar refractivity (Wildman–Crippen MR) is 131 cm³/mol. The van der Waals surface area contributed by atoms with Gasteiger partial charge in [-0.2, -0.15) is 0 Å². The molecule has 0 spiro atoms. The van der Waals surface area contributed by atoms with Crippen molar-refractivity contribution in [3.8, 4) is 17.2 Å². The van der Waals surface area contributed by atoms with Crippen LogP contribution in [0.25, 0.3) is 0 Å². The number of phenolic OH excluding ortho intramolecular Hbond substituents is 3. The van der Waals surface area contributed by atoms with E-state index in [1.165, 1.54) is 0 Å². The quantitative estimate of drug-likeness (QED) is 0.388. The zero-order chi connectivity index (χ0) is 26.5. The first-order valence-corrected chi connectivity index (χ1v) is 12.5. The largest absolute Gasteiger partial charge is 0.507 e. The molecule has 2 saturated carbocycles. The van der Waals surface area contributed by atoms with Crippen LogP contribution in [0.5, 0.6) is 17.2 Å². The number of hydrogen-bond acceptors (Lipinski definition) is 7. The minimum atomic E-state index is -0.756. The van der Waals surface area contributed by atoms with Crippen LogP contribution in [0.15, 0.2) is 0 Å². The molecule has 5 atom stereocenters. The Kier molecular flexibility index (Phi) is 7.22. The van der Waals surface area contributed by atoms with Gasteiger partial charge in [0.2, 0.25) is 0 Å². The maximum atomic E-state index is 13.4. The van der Waals surface area contributed by atoms with Gasteiger partial charge in [0.05, 0.1) is 11.1 Å². The summed E-state index contributed by atoms with van der Waals surface area (Å²) in [6.07, 6.45) is 3.11. The van der Waals surface area contributed by atoms with Crippen LogP contribution in [0.2, 0.25) is 0 Å². The molecule has 1 aromatic rings. The molecule has 35 heavy (non-hydrogen) atoms. The highest BCUT2D eigenvalue weighted by Gasteiger charge is 2.67. The van der Waals surface area contributed by atoms with Crippen molar-refractivity contribution in [2.45, 2.75) is 79.6 Å². The van der Waals surface area contributed by atoms with Crippen LogP contribution in [-0.4, -0.2) is 39.5 Å². The number of phenols is 3. The average molecular weight is 487 g/mol. The smallest absolute Gasteiger partial charge is 0.157 e. The van der Waals surface area contributed by atoms with Gasteiger partial charge in [0.25, 0.3) is 0 Å². The molecule has 0 bridgehead atoms. The van der Waals surface area contributed by atoms with Gasteiger partial charge >= 0.3 is 0 Å². The Morgan fingerprint density at radius 2 is 1.57 bits per heavy atom. The fourth-order valence-corrected chi connectivity index (χ4v) is 6.94. The lowest BCUT2D eigenvalue weighted by molar-refractivity contribution is -0.123. The molecule has 0 radical (unpaired) electrons. The zero-order valence-corrected chi connectivity index (χ0v) is 21.6. The molecule has 7 nitrogen and oxygen atoms in total. The Labute approximate surface area is 206 Å². The number of ketones is 2. The Hall–Kier alpha value is -2.70. The summed E-state index contributed by atoms with van der Waals surface area (Å²) >= 11 is 0. The first kappa shape index (κ1) is 26.9. The van der Waals surface area contributed by atoms with E-state index < -0.39 is 39.7 Å². The summed E-state index contributed by atoms with van der Waals surface area (Å²) in [5.41, 5.74) is -1.64. The van der Waals surface area contributed by atoms with Crippen LogP contribution in [0, 0.1) is 34.5 Å². The molecule has 3 rings (SSSR count). The van der Waals surface area contributed by atoms with E-state index in [-0.39, 0.29) is 58.8 Å². The van der Waals surface area contributed by atoms with Gasteiger partial charge in [-0.3, -0.25) is 14.4 Å². The standard InChI is InChI=1S/C28H38O7/c1-14(2)11-19(21-25(34)16(12-29)24(33)17(13-30)26(21)35)28(6)10-9-20(32)23(28)22-18(27(22,4)5)8-7-15(3)31/h12-14,18-19,22-23,33-35H,7-11H2,1-6H3/t18-,19-,22-,23-,28-/m1/s1. The minimum Gasteiger partial charge on any atom is -0.507 e. The Morgan fingerprint density at radius 1 is 1.03 bits per heavy atom. The Bertz CT molecular complexity index is 1020. The molecular formula is C28H38O7. The predicted octanol–water partition coefficient (Wildman–Crippen LogP) is 5.18. The van der Waals surface area contributed by atoms with Gasteiger partial charge in [-0.25, -0.2) is 0 Å². The summed E-state index contributed by atoms with van der Waals surface area (Å²) < 4.78 is 0. The third-order valence-corrected chi connectivity index (χ3v) is 8.89. The Balaban J connectivity index is 2.18. The SMILES string of the molecule is CC(=O)CC[C@@H]1[C@H]([C@H]2C(=O)CC[C@]2(C)[C@H](CC(C)C)c2c(O)c(C=O)c(O)c(C=O)c2O)C1(C)C. The average Bonchev–Trinajstić information content (AvgIpc) is 3.14. The van der Waals surface area contributed by atoms with E-state index in [2.05, 4.69) is 13.8 Å². The highest BCUT2D eigenvalue weighted by Crippen LogP contribution is 2.71. The first-order valence-electron chi connectivity index (χ1n) is 12.5. The minimum absolute atomic E-state index is 0.0432. The fraction of sp³-hybridized carbons (Fsp3) is 0.643. The number of benzene rings is 1. The number of carbonyl (C=O) groups excluding carboxylic acids is 4. The van der Waals surface area contributed by atoms with Crippen LogP contribution in [0.4, 0.5) is 0 Å². The number of aldehydes is 2. The van der Waals surface area contributed by atoms with Gasteiger partial charge in [-0.05, 0) is 60.7 Å². The van der Waals surface area contributed by atoms with E-state index in [4.69, 9.17) is 0 Å². The van der Waals surface area contributed by atoms with Gasteiger partial charge in [0.15, 0.2) is 12.6 Å². The lowest BCUT2D eigenvalue weighted by Crippen LogP contribution is -2.36. The topological polar surface area (TPSA) is 129 Å². The molecule has 0 aromatic heterocycles. The van der Waals surface area contributed by atoms with Crippen LogP contribution >= 0.6 is 0 Å². The van der Waals surface area contributed by atoms with E-state index in [1.807, 2.05) is 20.8 Å². The van der Waals surface area contributed by atoms with E-state index in [0.717, 1.165) is 0 Å². The molecule has 2 fully saturated rings. The molecule has 0 saturated heterocycles. The molecule has 2 aliphatic carbocycles. The zero-order valence-electron chi connectivity index (χ0n) is 21.6. The molecule has 0 amide bonds. The summed E-state index contributed by atoms with van der Waals surface area (Å²) in [5.74, 6) is -2.13. The van der Waals surface area contributed by atoms with Gasteiger partial charge in [0.1, 0.15) is 28.8 Å². The maximum Gasteiger partial charge on any atom is 0.157 e. The number of aromatic hydroxyl groups is 3. The molecule has 0 heterocycles. The molecule has 7 heteroatoms. The molecular weight excluding hydrogens is 448 g/mol. The van der Waals surface area contributed by atoms with Crippen LogP contribution in [0.1, 0.15) is 106 Å². The molecule has 0 unspecified atom stereocenters. The maximum absolute atomic E-state index is 13.4. The van der Waals surface area contributed by atoms with Gasteiger partial charge in [0, 0.05) is 24.3 Å². The summed E-state index contributed by atoms with van der Waals surface area (Å²) in [4.78, 5) is 48.5. The molecule has 2 aliphatic rings. The Morgan fingerprint density at radius 3 is 2.03 bits per heavy atom.